The van der Waals surface area contributed by atoms with Gasteiger partial charge in [0.2, 0.25) is 0 Å². The van der Waals surface area contributed by atoms with Gasteiger partial charge >= 0.3 is 0 Å². The molecule has 0 saturated carbocycles. The fourth-order valence-electron chi connectivity index (χ4n) is 6.31. The summed E-state index contributed by atoms with van der Waals surface area (Å²) in [4.78, 5) is 0. The molecule has 1 heterocycles. The summed E-state index contributed by atoms with van der Waals surface area (Å²) in [6.07, 6.45) is 18.8. The predicted molar refractivity (Wildman–Crippen MR) is 150 cm³/mol. The van der Waals surface area contributed by atoms with Crippen molar-refractivity contribution in [2.24, 2.45) is 11.8 Å². The molecule has 0 spiro atoms. The van der Waals surface area contributed by atoms with Crippen molar-refractivity contribution in [2.45, 2.75) is 0 Å². The Morgan fingerprint density at radius 1 is 0.543 bits per heavy atom. The van der Waals surface area contributed by atoms with E-state index in [2.05, 4.69) is 121 Å². The Labute approximate surface area is 208 Å². The van der Waals surface area contributed by atoms with Crippen molar-refractivity contribution in [1.82, 2.24) is 0 Å². The second-order valence-electron chi connectivity index (χ2n) is 9.70. The molecule has 1 heteroatoms. The van der Waals surface area contributed by atoms with Crippen LogP contribution in [-0.2, 0) is 0 Å². The summed E-state index contributed by atoms with van der Waals surface area (Å²) in [5.74, 6) is 0.750. The molecule has 0 bridgehead atoms. The monoisotopic (exact) mass is 462 g/mol. The van der Waals surface area contributed by atoms with Gasteiger partial charge in [-0.2, -0.15) is 0 Å². The average molecular weight is 463 g/mol. The highest BCUT2D eigenvalue weighted by Gasteiger charge is 2.40. The van der Waals surface area contributed by atoms with Crippen LogP contribution in [0.4, 0.5) is 0 Å². The summed E-state index contributed by atoms with van der Waals surface area (Å²) in [6.45, 7) is 0. The van der Waals surface area contributed by atoms with Gasteiger partial charge in [0.25, 0.3) is 0 Å². The van der Waals surface area contributed by atoms with E-state index in [1.54, 1.807) is 0 Å². The predicted octanol–water partition coefficient (Wildman–Crippen LogP) is 9.07. The van der Waals surface area contributed by atoms with E-state index in [1.165, 1.54) is 64.7 Å². The number of hydrogen-bond donors (Lipinski definition) is 0. The van der Waals surface area contributed by atoms with Crippen molar-refractivity contribution >= 4 is 42.7 Å². The Balaban J connectivity index is 1.28. The van der Waals surface area contributed by atoms with Gasteiger partial charge in [0, 0.05) is 32.0 Å². The smallest absolute Gasteiger partial charge is 0.0361 e. The minimum absolute atomic E-state index is 0.372. The summed E-state index contributed by atoms with van der Waals surface area (Å²) in [5, 5.41) is 2.72. The van der Waals surface area contributed by atoms with Crippen molar-refractivity contribution in [3.63, 3.8) is 0 Å². The molecule has 0 fully saturated rings. The molecule has 0 nitrogen and oxygen atoms in total. The molecule has 3 aromatic carbocycles. The van der Waals surface area contributed by atoms with Crippen molar-refractivity contribution < 1.29 is 0 Å². The van der Waals surface area contributed by atoms with Crippen LogP contribution in [0.25, 0.3) is 31.3 Å². The van der Waals surface area contributed by atoms with Gasteiger partial charge in [-0.25, -0.2) is 0 Å². The molecule has 0 aliphatic heterocycles. The molecule has 2 unspecified atom stereocenters. The molecule has 4 aliphatic carbocycles. The fraction of sp³-hybridized carbons (Fsp3) is 0.0588. The van der Waals surface area contributed by atoms with Crippen LogP contribution in [0.3, 0.4) is 0 Å². The Bertz CT molecular complexity index is 1780. The van der Waals surface area contributed by atoms with Gasteiger partial charge in [0.1, 0.15) is 0 Å². The highest BCUT2D eigenvalue weighted by Crippen LogP contribution is 2.53. The number of thiophene rings is 1. The third-order valence-electron chi connectivity index (χ3n) is 7.91. The van der Waals surface area contributed by atoms with Crippen LogP contribution in [0.1, 0.15) is 11.1 Å². The lowest BCUT2D eigenvalue weighted by Crippen LogP contribution is -2.30. The number of rotatable bonds is 2. The lowest BCUT2D eigenvalue weighted by atomic mass is 9.61. The standard InChI is InChI=1S/C34H22S/c1-2-6-21(7-3-1)25-15-10-22-13-19-30-26(16-11-23-12-18-29(25)33(22)34(23)30)24-14-17-28-27-8-4-5-9-31(27)35-32(28)20-24/h1-20,33-34H. The SMILES string of the molecule is C1=CC2=C(c3ccccc3)C=CC3=CC=C4C(c5ccc6c(c5)sc5ccccc56)=CC=C1C4C32. The summed E-state index contributed by atoms with van der Waals surface area (Å²) < 4.78 is 2.72. The van der Waals surface area contributed by atoms with E-state index >= 15 is 0 Å². The quantitative estimate of drug-likeness (QED) is 0.279. The summed E-state index contributed by atoms with van der Waals surface area (Å²) in [7, 11) is 0. The molecule has 164 valence electrons. The molecule has 0 radical (unpaired) electrons. The van der Waals surface area contributed by atoms with E-state index in [0.29, 0.717) is 11.8 Å². The molecule has 8 rings (SSSR count). The van der Waals surface area contributed by atoms with Gasteiger partial charge < -0.3 is 0 Å². The second-order valence-corrected chi connectivity index (χ2v) is 10.8. The molecule has 4 aliphatic rings. The van der Waals surface area contributed by atoms with Crippen LogP contribution in [0.2, 0.25) is 0 Å². The third kappa shape index (κ3) is 2.79. The van der Waals surface area contributed by atoms with Gasteiger partial charge in [-0.3, -0.25) is 0 Å². The lowest BCUT2D eigenvalue weighted by Gasteiger charge is -2.42. The number of hydrogen-bond acceptors (Lipinski definition) is 1. The van der Waals surface area contributed by atoms with Gasteiger partial charge in [-0.1, -0.05) is 109 Å². The Morgan fingerprint density at radius 2 is 1.31 bits per heavy atom. The minimum atomic E-state index is 0.372. The molecule has 1 aromatic heterocycles. The fourth-order valence-corrected chi connectivity index (χ4v) is 7.46. The van der Waals surface area contributed by atoms with Gasteiger partial charge in [0.05, 0.1) is 0 Å². The molecule has 0 N–H and O–H groups in total. The molecule has 2 atom stereocenters. The van der Waals surface area contributed by atoms with Crippen molar-refractivity contribution in [3.8, 4) is 0 Å². The van der Waals surface area contributed by atoms with Crippen LogP contribution in [-0.4, -0.2) is 0 Å². The zero-order valence-electron chi connectivity index (χ0n) is 19.1. The number of benzene rings is 3. The summed E-state index contributed by atoms with van der Waals surface area (Å²) in [6, 6.07) is 26.6. The highest BCUT2D eigenvalue weighted by molar-refractivity contribution is 7.25. The second kappa shape index (κ2) is 7.28. The van der Waals surface area contributed by atoms with Gasteiger partial charge in [0.15, 0.2) is 0 Å². The van der Waals surface area contributed by atoms with E-state index in [4.69, 9.17) is 0 Å². The van der Waals surface area contributed by atoms with Crippen molar-refractivity contribution in [3.05, 3.63) is 155 Å². The van der Waals surface area contributed by atoms with E-state index in [-0.39, 0.29) is 0 Å². The minimum Gasteiger partial charge on any atom is -0.135 e. The summed E-state index contributed by atoms with van der Waals surface area (Å²) >= 11 is 1.90. The van der Waals surface area contributed by atoms with Crippen LogP contribution in [0, 0.1) is 11.8 Å². The van der Waals surface area contributed by atoms with Crippen molar-refractivity contribution in [1.29, 1.82) is 0 Å². The first-order valence-corrected chi connectivity index (χ1v) is 13.1. The van der Waals surface area contributed by atoms with Crippen LogP contribution in [0.15, 0.2) is 144 Å². The Kier molecular flexibility index (Phi) is 4.03. The number of allylic oxidation sites excluding steroid dienone is 14. The topological polar surface area (TPSA) is 0 Å². The molecular weight excluding hydrogens is 440 g/mol. The largest absolute Gasteiger partial charge is 0.135 e. The maximum Gasteiger partial charge on any atom is 0.0361 e. The lowest BCUT2D eigenvalue weighted by molar-refractivity contribution is 0.569. The van der Waals surface area contributed by atoms with E-state index < -0.39 is 0 Å². The maximum atomic E-state index is 2.40. The third-order valence-corrected chi connectivity index (χ3v) is 9.05. The van der Waals surface area contributed by atoms with Gasteiger partial charge in [-0.05, 0) is 56.7 Å². The van der Waals surface area contributed by atoms with Crippen LogP contribution < -0.4 is 0 Å². The average Bonchev–Trinajstić information content (AvgIpc) is 3.30. The van der Waals surface area contributed by atoms with E-state index in [1.807, 2.05) is 11.3 Å². The van der Waals surface area contributed by atoms with Crippen LogP contribution >= 0.6 is 11.3 Å². The van der Waals surface area contributed by atoms with E-state index in [0.717, 1.165) is 0 Å². The zero-order valence-corrected chi connectivity index (χ0v) is 19.9. The Morgan fingerprint density at radius 3 is 2.26 bits per heavy atom. The van der Waals surface area contributed by atoms with E-state index in [9.17, 15) is 0 Å². The summed E-state index contributed by atoms with van der Waals surface area (Å²) in [5.41, 5.74) is 11.1. The molecule has 0 amide bonds. The Hall–Kier alpha value is -3.94. The molecule has 0 saturated heterocycles. The molecule has 4 aromatic rings. The first-order valence-electron chi connectivity index (χ1n) is 12.3. The first-order chi connectivity index (χ1) is 17.3. The van der Waals surface area contributed by atoms with Gasteiger partial charge in [-0.15, -0.1) is 11.3 Å². The van der Waals surface area contributed by atoms with Crippen molar-refractivity contribution in [2.75, 3.05) is 0 Å². The zero-order chi connectivity index (χ0) is 22.9. The highest BCUT2D eigenvalue weighted by atomic mass is 32.1. The maximum absolute atomic E-state index is 2.40. The number of fused-ring (bicyclic) bond motifs is 3. The normalized spacial score (nSPS) is 22.1. The van der Waals surface area contributed by atoms with Crippen LogP contribution in [0.5, 0.6) is 0 Å². The molecular formula is C34H22S. The first kappa shape index (κ1) is 19.4. The molecule has 35 heavy (non-hydrogen) atoms.